The zero-order valence-corrected chi connectivity index (χ0v) is 10.2. The molecule has 1 rings (SSSR count). The van der Waals surface area contributed by atoms with Crippen molar-refractivity contribution in [2.45, 2.75) is 6.54 Å². The third-order valence-corrected chi connectivity index (χ3v) is 3.21. The Labute approximate surface area is 96.9 Å². The lowest BCUT2D eigenvalue weighted by molar-refractivity contribution is -0.386. The van der Waals surface area contributed by atoms with E-state index in [1.54, 1.807) is 12.1 Å². The quantitative estimate of drug-likeness (QED) is 0.502. The van der Waals surface area contributed by atoms with E-state index in [1.165, 1.54) is 0 Å². The third kappa shape index (κ3) is 2.18. The highest BCUT2D eigenvalue weighted by Crippen LogP contribution is 2.31. The summed E-state index contributed by atoms with van der Waals surface area (Å²) >= 11 is 5.15. The first-order valence-corrected chi connectivity index (χ1v) is 5.26. The summed E-state index contributed by atoms with van der Waals surface area (Å²) in [7, 11) is 0. The second kappa shape index (κ2) is 4.34. The van der Waals surface area contributed by atoms with Gasteiger partial charge < -0.3 is 5.73 Å². The Hall–Kier alpha value is -0.210. The first-order chi connectivity index (χ1) is 6.07. The van der Waals surface area contributed by atoms with Crippen LogP contribution in [0.4, 0.5) is 5.69 Å². The molecular formula is C7H6BrIN2O2. The monoisotopic (exact) mass is 356 g/mol. The van der Waals surface area contributed by atoms with Crippen molar-refractivity contribution >= 4 is 44.2 Å². The van der Waals surface area contributed by atoms with Gasteiger partial charge >= 0.3 is 0 Å². The average molecular weight is 357 g/mol. The molecule has 0 bridgehead atoms. The highest BCUT2D eigenvalue weighted by molar-refractivity contribution is 14.1. The minimum absolute atomic E-state index is 0.0643. The predicted molar refractivity (Wildman–Crippen MR) is 61.4 cm³/mol. The van der Waals surface area contributed by atoms with E-state index in [2.05, 4.69) is 15.9 Å². The maximum Gasteiger partial charge on any atom is 0.289 e. The number of hydrogen-bond acceptors (Lipinski definition) is 3. The normalized spacial score (nSPS) is 10.1. The van der Waals surface area contributed by atoms with Crippen molar-refractivity contribution in [3.8, 4) is 0 Å². The van der Waals surface area contributed by atoms with Gasteiger partial charge in [0.1, 0.15) is 0 Å². The molecule has 0 heterocycles. The van der Waals surface area contributed by atoms with E-state index in [1.807, 2.05) is 22.6 Å². The van der Waals surface area contributed by atoms with Gasteiger partial charge in [0.05, 0.1) is 15.0 Å². The topological polar surface area (TPSA) is 69.2 Å². The van der Waals surface area contributed by atoms with Crippen molar-refractivity contribution in [1.82, 2.24) is 0 Å². The third-order valence-electron chi connectivity index (χ3n) is 1.56. The van der Waals surface area contributed by atoms with E-state index in [0.717, 1.165) is 3.57 Å². The van der Waals surface area contributed by atoms with Crippen LogP contribution in [0, 0.1) is 13.7 Å². The zero-order valence-electron chi connectivity index (χ0n) is 6.46. The Balaban J connectivity index is 3.43. The fourth-order valence-corrected chi connectivity index (χ4v) is 2.15. The molecule has 0 radical (unpaired) electrons. The van der Waals surface area contributed by atoms with E-state index in [0.29, 0.717) is 10.0 Å². The van der Waals surface area contributed by atoms with E-state index in [-0.39, 0.29) is 12.2 Å². The van der Waals surface area contributed by atoms with Crippen LogP contribution < -0.4 is 5.73 Å². The number of nitrogens with zero attached hydrogens (tertiary/aromatic N) is 1. The second-order valence-electron chi connectivity index (χ2n) is 2.32. The van der Waals surface area contributed by atoms with Gasteiger partial charge in [-0.15, -0.1) is 0 Å². The van der Waals surface area contributed by atoms with Gasteiger partial charge in [0.15, 0.2) is 0 Å². The van der Waals surface area contributed by atoms with Gasteiger partial charge in [-0.25, -0.2) is 0 Å². The zero-order chi connectivity index (χ0) is 10.0. The minimum atomic E-state index is -0.422. The summed E-state index contributed by atoms with van der Waals surface area (Å²) in [6.07, 6.45) is 0. The lowest BCUT2D eigenvalue weighted by Crippen LogP contribution is -2.04. The fraction of sp³-hybridized carbons (Fsp3) is 0.143. The van der Waals surface area contributed by atoms with Gasteiger partial charge in [0.2, 0.25) is 0 Å². The summed E-state index contributed by atoms with van der Waals surface area (Å²) in [5.74, 6) is 0. The number of benzene rings is 1. The molecular weight excluding hydrogens is 351 g/mol. The van der Waals surface area contributed by atoms with Crippen LogP contribution in [-0.4, -0.2) is 4.92 Å². The molecule has 0 saturated carbocycles. The van der Waals surface area contributed by atoms with E-state index in [9.17, 15) is 10.1 Å². The Morgan fingerprint density at radius 2 is 2.23 bits per heavy atom. The van der Waals surface area contributed by atoms with Gasteiger partial charge in [-0.2, -0.15) is 0 Å². The maximum atomic E-state index is 10.7. The lowest BCUT2D eigenvalue weighted by Gasteiger charge is -2.03. The van der Waals surface area contributed by atoms with Crippen LogP contribution in [0.3, 0.4) is 0 Å². The molecule has 0 aromatic heterocycles. The molecule has 6 heteroatoms. The van der Waals surface area contributed by atoms with Crippen LogP contribution in [0.25, 0.3) is 0 Å². The molecule has 4 nitrogen and oxygen atoms in total. The van der Waals surface area contributed by atoms with Crippen molar-refractivity contribution in [3.05, 3.63) is 35.9 Å². The first-order valence-electron chi connectivity index (χ1n) is 3.39. The Kier molecular flexibility index (Phi) is 3.63. The SMILES string of the molecule is NCc1c(I)ccc(Br)c1[N+](=O)[O-]. The fourth-order valence-electron chi connectivity index (χ4n) is 0.975. The van der Waals surface area contributed by atoms with Crippen LogP contribution in [-0.2, 0) is 6.54 Å². The largest absolute Gasteiger partial charge is 0.326 e. The van der Waals surface area contributed by atoms with Crippen molar-refractivity contribution < 1.29 is 4.92 Å². The number of halogens is 2. The molecule has 0 aliphatic rings. The molecule has 0 unspecified atom stereocenters. The summed E-state index contributed by atoms with van der Waals surface area (Å²) in [6, 6.07) is 3.44. The van der Waals surface area contributed by atoms with Crippen LogP contribution in [0.5, 0.6) is 0 Å². The Bertz CT molecular complexity index is 357. The second-order valence-corrected chi connectivity index (χ2v) is 4.33. The molecule has 1 aromatic rings. The van der Waals surface area contributed by atoms with Crippen LogP contribution in [0.2, 0.25) is 0 Å². The Morgan fingerprint density at radius 3 is 2.62 bits per heavy atom. The van der Waals surface area contributed by atoms with Gasteiger partial charge in [0, 0.05) is 10.1 Å². The van der Waals surface area contributed by atoms with Crippen LogP contribution >= 0.6 is 38.5 Å². The van der Waals surface area contributed by atoms with Crippen molar-refractivity contribution in [2.75, 3.05) is 0 Å². The highest BCUT2D eigenvalue weighted by atomic mass is 127. The van der Waals surface area contributed by atoms with Crippen molar-refractivity contribution in [3.63, 3.8) is 0 Å². The summed E-state index contributed by atoms with van der Waals surface area (Å²) in [4.78, 5) is 10.2. The molecule has 1 aromatic carbocycles. The molecule has 0 amide bonds. The molecule has 0 fully saturated rings. The molecule has 0 aliphatic heterocycles. The predicted octanol–water partition coefficient (Wildman–Crippen LogP) is 2.42. The highest BCUT2D eigenvalue weighted by Gasteiger charge is 2.19. The maximum absolute atomic E-state index is 10.7. The van der Waals surface area contributed by atoms with Gasteiger partial charge in [0.25, 0.3) is 5.69 Å². The first kappa shape index (κ1) is 10.9. The summed E-state index contributed by atoms with van der Waals surface area (Å²) < 4.78 is 1.29. The number of nitrogens with two attached hydrogens (primary N) is 1. The van der Waals surface area contributed by atoms with Crippen molar-refractivity contribution in [1.29, 1.82) is 0 Å². The lowest BCUT2D eigenvalue weighted by atomic mass is 10.2. The van der Waals surface area contributed by atoms with E-state index < -0.39 is 4.92 Å². The molecule has 0 spiro atoms. The van der Waals surface area contributed by atoms with E-state index >= 15 is 0 Å². The standard InChI is InChI=1S/C7H6BrIN2O2/c8-5-1-2-6(9)4(3-10)7(5)11(12)13/h1-2H,3,10H2. The number of hydrogen-bond donors (Lipinski definition) is 1. The van der Waals surface area contributed by atoms with Crippen LogP contribution in [0.1, 0.15) is 5.56 Å². The summed E-state index contributed by atoms with van der Waals surface area (Å²) in [6.45, 7) is 0.175. The summed E-state index contributed by atoms with van der Waals surface area (Å²) in [5, 5.41) is 10.7. The average Bonchev–Trinajstić information content (AvgIpc) is 2.07. The molecule has 13 heavy (non-hydrogen) atoms. The van der Waals surface area contributed by atoms with Gasteiger partial charge in [-0.1, -0.05) is 0 Å². The Morgan fingerprint density at radius 1 is 1.62 bits per heavy atom. The molecule has 70 valence electrons. The number of nitro groups is 1. The smallest absolute Gasteiger partial charge is 0.289 e. The van der Waals surface area contributed by atoms with Gasteiger partial charge in [-0.3, -0.25) is 10.1 Å². The summed E-state index contributed by atoms with van der Waals surface area (Å²) in [5.41, 5.74) is 6.06. The number of rotatable bonds is 2. The molecule has 0 aliphatic carbocycles. The van der Waals surface area contributed by atoms with Crippen LogP contribution in [0.15, 0.2) is 16.6 Å². The molecule has 0 atom stereocenters. The number of nitro benzene ring substituents is 1. The molecule has 0 saturated heterocycles. The van der Waals surface area contributed by atoms with Crippen molar-refractivity contribution in [2.24, 2.45) is 5.73 Å². The minimum Gasteiger partial charge on any atom is -0.326 e. The van der Waals surface area contributed by atoms with Gasteiger partial charge in [-0.05, 0) is 50.7 Å². The van der Waals surface area contributed by atoms with E-state index in [4.69, 9.17) is 5.73 Å². The molecule has 2 N–H and O–H groups in total.